The van der Waals surface area contributed by atoms with Crippen LogP contribution < -0.4 is 4.74 Å². The van der Waals surface area contributed by atoms with Crippen molar-refractivity contribution in [3.05, 3.63) is 29.3 Å². The minimum absolute atomic E-state index is 0.0985. The topological polar surface area (TPSA) is 35.5 Å². The van der Waals surface area contributed by atoms with Gasteiger partial charge >= 0.3 is 11.9 Å². The fourth-order valence-corrected chi connectivity index (χ4v) is 1.43. The molecule has 1 aliphatic heterocycles. The minimum atomic E-state index is -3.03. The SMILES string of the molecule is COC(=O)c1ccc2c(c1)C(F)(F)CO2. The van der Waals surface area contributed by atoms with E-state index in [1.807, 2.05) is 0 Å². The number of carbonyl (C=O) groups excluding carboxylic acids is 1. The van der Waals surface area contributed by atoms with E-state index in [9.17, 15) is 13.6 Å². The van der Waals surface area contributed by atoms with E-state index in [-0.39, 0.29) is 16.9 Å². The number of halogens is 2. The molecule has 5 heteroatoms. The Labute approximate surface area is 84.6 Å². The van der Waals surface area contributed by atoms with Crippen molar-refractivity contribution in [3.63, 3.8) is 0 Å². The van der Waals surface area contributed by atoms with Crippen LogP contribution in [0.4, 0.5) is 8.78 Å². The third-order valence-corrected chi connectivity index (χ3v) is 2.20. The second-order valence-electron chi connectivity index (χ2n) is 3.20. The van der Waals surface area contributed by atoms with Crippen LogP contribution in [0.3, 0.4) is 0 Å². The van der Waals surface area contributed by atoms with E-state index in [2.05, 4.69) is 4.74 Å². The average molecular weight is 214 g/mol. The third-order valence-electron chi connectivity index (χ3n) is 2.20. The first kappa shape index (κ1) is 9.89. The van der Waals surface area contributed by atoms with E-state index in [1.54, 1.807) is 0 Å². The van der Waals surface area contributed by atoms with Gasteiger partial charge in [-0.05, 0) is 18.2 Å². The monoisotopic (exact) mass is 214 g/mol. The molecule has 0 radical (unpaired) electrons. The molecule has 0 aromatic heterocycles. The number of esters is 1. The van der Waals surface area contributed by atoms with Crippen LogP contribution in [0, 0.1) is 0 Å². The first-order valence-electron chi connectivity index (χ1n) is 4.28. The molecule has 1 heterocycles. The minimum Gasteiger partial charge on any atom is -0.486 e. The number of alkyl halides is 2. The van der Waals surface area contributed by atoms with Crippen molar-refractivity contribution < 1.29 is 23.0 Å². The van der Waals surface area contributed by atoms with Crippen molar-refractivity contribution >= 4 is 5.97 Å². The highest BCUT2D eigenvalue weighted by molar-refractivity contribution is 5.89. The van der Waals surface area contributed by atoms with Gasteiger partial charge in [0, 0.05) is 0 Å². The van der Waals surface area contributed by atoms with E-state index in [1.165, 1.54) is 19.2 Å². The molecule has 1 aliphatic rings. The van der Waals surface area contributed by atoms with Crippen LogP contribution in [0.1, 0.15) is 15.9 Å². The van der Waals surface area contributed by atoms with Crippen molar-refractivity contribution in [3.8, 4) is 5.75 Å². The molecular formula is C10H8F2O3. The number of methoxy groups -OCH3 is 1. The van der Waals surface area contributed by atoms with Crippen molar-refractivity contribution in [2.75, 3.05) is 13.7 Å². The maximum atomic E-state index is 13.2. The lowest BCUT2D eigenvalue weighted by Gasteiger charge is -2.07. The number of carbonyl (C=O) groups is 1. The van der Waals surface area contributed by atoms with Crippen LogP contribution >= 0.6 is 0 Å². The summed E-state index contributed by atoms with van der Waals surface area (Å²) in [5.41, 5.74) is -0.160. The predicted molar refractivity (Wildman–Crippen MR) is 47.2 cm³/mol. The van der Waals surface area contributed by atoms with Crippen LogP contribution in [-0.4, -0.2) is 19.7 Å². The lowest BCUT2D eigenvalue weighted by molar-refractivity contribution is -0.0214. The zero-order valence-electron chi connectivity index (χ0n) is 7.92. The number of hydrogen-bond donors (Lipinski definition) is 0. The molecule has 0 amide bonds. The van der Waals surface area contributed by atoms with Crippen molar-refractivity contribution in [2.45, 2.75) is 5.92 Å². The zero-order chi connectivity index (χ0) is 11.1. The fraction of sp³-hybridized carbons (Fsp3) is 0.300. The number of benzene rings is 1. The number of hydrogen-bond acceptors (Lipinski definition) is 3. The Bertz CT molecular complexity index is 415. The highest BCUT2D eigenvalue weighted by Crippen LogP contribution is 2.41. The van der Waals surface area contributed by atoms with Gasteiger partial charge in [0.15, 0.2) is 6.61 Å². The largest absolute Gasteiger partial charge is 0.486 e. The summed E-state index contributed by atoms with van der Waals surface area (Å²) in [6.45, 7) is -0.674. The summed E-state index contributed by atoms with van der Waals surface area (Å²) in [6, 6.07) is 3.85. The molecule has 2 rings (SSSR count). The Morgan fingerprint density at radius 2 is 2.27 bits per heavy atom. The van der Waals surface area contributed by atoms with Crippen LogP contribution in [0.2, 0.25) is 0 Å². The van der Waals surface area contributed by atoms with Crippen molar-refractivity contribution in [2.24, 2.45) is 0 Å². The summed E-state index contributed by atoms with van der Waals surface area (Å²) in [4.78, 5) is 11.1. The maximum absolute atomic E-state index is 13.2. The number of rotatable bonds is 1. The standard InChI is InChI=1S/C10H8F2O3/c1-14-9(13)6-2-3-8-7(4-6)10(11,12)5-15-8/h2-4H,5H2,1H3. The third kappa shape index (κ3) is 1.54. The fourth-order valence-electron chi connectivity index (χ4n) is 1.43. The van der Waals surface area contributed by atoms with Gasteiger partial charge in [0.05, 0.1) is 18.2 Å². The number of ether oxygens (including phenoxy) is 2. The molecule has 80 valence electrons. The van der Waals surface area contributed by atoms with Gasteiger partial charge in [-0.15, -0.1) is 0 Å². The van der Waals surface area contributed by atoms with Crippen LogP contribution in [0.15, 0.2) is 18.2 Å². The molecule has 0 spiro atoms. The molecule has 0 N–H and O–H groups in total. The first-order valence-corrected chi connectivity index (χ1v) is 4.28. The molecule has 0 unspecified atom stereocenters. The second-order valence-corrected chi connectivity index (χ2v) is 3.20. The molecular weight excluding hydrogens is 206 g/mol. The van der Waals surface area contributed by atoms with E-state index in [0.29, 0.717) is 0 Å². The quantitative estimate of drug-likeness (QED) is 0.670. The van der Waals surface area contributed by atoms with Gasteiger partial charge in [0.1, 0.15) is 5.75 Å². The summed E-state index contributed by atoms with van der Waals surface area (Å²) in [5, 5.41) is 0. The Hall–Kier alpha value is -1.65. The summed E-state index contributed by atoms with van der Waals surface area (Å²) < 4.78 is 35.6. The van der Waals surface area contributed by atoms with Crippen molar-refractivity contribution in [1.29, 1.82) is 0 Å². The van der Waals surface area contributed by atoms with Crippen LogP contribution in [0.25, 0.3) is 0 Å². The highest BCUT2D eigenvalue weighted by Gasteiger charge is 2.41. The second kappa shape index (κ2) is 3.18. The number of fused-ring (bicyclic) bond motifs is 1. The van der Waals surface area contributed by atoms with E-state index >= 15 is 0 Å². The molecule has 0 saturated heterocycles. The normalized spacial score (nSPS) is 16.7. The van der Waals surface area contributed by atoms with Gasteiger partial charge < -0.3 is 9.47 Å². The summed E-state index contributed by atoms with van der Waals surface area (Å²) in [6.07, 6.45) is 0. The van der Waals surface area contributed by atoms with Gasteiger partial charge in [-0.3, -0.25) is 0 Å². The summed E-state index contributed by atoms with van der Waals surface area (Å²) in [7, 11) is 1.20. The van der Waals surface area contributed by atoms with Gasteiger partial charge in [-0.25, -0.2) is 4.79 Å². The molecule has 0 bridgehead atoms. The molecule has 0 aliphatic carbocycles. The van der Waals surface area contributed by atoms with E-state index in [0.717, 1.165) is 6.07 Å². The predicted octanol–water partition coefficient (Wildman–Crippen LogP) is 1.96. The highest BCUT2D eigenvalue weighted by atomic mass is 19.3. The van der Waals surface area contributed by atoms with Gasteiger partial charge in [0.2, 0.25) is 0 Å². The Morgan fingerprint density at radius 1 is 1.53 bits per heavy atom. The maximum Gasteiger partial charge on any atom is 0.337 e. The molecule has 0 atom stereocenters. The molecule has 1 aromatic rings. The average Bonchev–Trinajstić information content (AvgIpc) is 2.53. The van der Waals surface area contributed by atoms with E-state index < -0.39 is 18.5 Å². The molecule has 15 heavy (non-hydrogen) atoms. The molecule has 0 fully saturated rings. The molecule has 0 saturated carbocycles. The summed E-state index contributed by atoms with van der Waals surface area (Å²) in [5.74, 6) is -3.55. The van der Waals surface area contributed by atoms with Gasteiger partial charge in [-0.2, -0.15) is 8.78 Å². The molecule has 1 aromatic carbocycles. The lowest BCUT2D eigenvalue weighted by Crippen LogP contribution is -2.14. The Balaban J connectivity index is 2.46. The van der Waals surface area contributed by atoms with Crippen LogP contribution in [-0.2, 0) is 10.7 Å². The zero-order valence-corrected chi connectivity index (χ0v) is 7.92. The summed E-state index contributed by atoms with van der Waals surface area (Å²) >= 11 is 0. The van der Waals surface area contributed by atoms with Gasteiger partial charge in [0.25, 0.3) is 0 Å². The van der Waals surface area contributed by atoms with Gasteiger partial charge in [-0.1, -0.05) is 0 Å². The molecule has 3 nitrogen and oxygen atoms in total. The Kier molecular flexibility index (Phi) is 2.10. The van der Waals surface area contributed by atoms with Crippen LogP contribution in [0.5, 0.6) is 5.75 Å². The smallest absolute Gasteiger partial charge is 0.337 e. The lowest BCUT2D eigenvalue weighted by atomic mass is 10.1. The van der Waals surface area contributed by atoms with E-state index in [4.69, 9.17) is 4.74 Å². The first-order chi connectivity index (χ1) is 7.04. The Morgan fingerprint density at radius 3 is 2.93 bits per heavy atom. The van der Waals surface area contributed by atoms with Crippen molar-refractivity contribution in [1.82, 2.24) is 0 Å².